The Labute approximate surface area is 182 Å². The maximum atomic E-state index is 10.4. The lowest BCUT2D eigenvalue weighted by atomic mass is 9.98. The number of phenolic OH excluding ortho intramolecular Hbond substituents is 1. The monoisotopic (exact) mass is 419 g/mol. The molecule has 1 aromatic carbocycles. The average Bonchev–Trinajstić information content (AvgIpc) is 3.28. The van der Waals surface area contributed by atoms with E-state index in [-0.39, 0.29) is 0 Å². The summed E-state index contributed by atoms with van der Waals surface area (Å²) in [6.45, 7) is 7.10. The highest BCUT2D eigenvalue weighted by Crippen LogP contribution is 2.44. The number of aryl methyl sites for hydroxylation is 1. The molecule has 0 saturated carbocycles. The van der Waals surface area contributed by atoms with E-state index >= 15 is 0 Å². The van der Waals surface area contributed by atoms with Crippen LogP contribution in [0.25, 0.3) is 5.65 Å². The first-order chi connectivity index (χ1) is 15.2. The summed E-state index contributed by atoms with van der Waals surface area (Å²) in [6.07, 6.45) is 5.47. The van der Waals surface area contributed by atoms with E-state index in [1.165, 1.54) is 29.7 Å². The van der Waals surface area contributed by atoms with Gasteiger partial charge >= 0.3 is 0 Å². The molecule has 3 aromatic rings. The number of phenols is 1. The Kier molecular flexibility index (Phi) is 4.70. The lowest BCUT2D eigenvalue weighted by molar-refractivity contribution is 0.0338. The van der Waals surface area contributed by atoms with Crippen LogP contribution in [0.3, 0.4) is 0 Å². The molecular formula is C24H29N5O2. The number of benzene rings is 1. The van der Waals surface area contributed by atoms with Gasteiger partial charge in [-0.1, -0.05) is 6.07 Å². The van der Waals surface area contributed by atoms with Crippen LogP contribution in [0, 0.1) is 6.92 Å². The molecule has 5 heterocycles. The van der Waals surface area contributed by atoms with Gasteiger partial charge in [0.2, 0.25) is 0 Å². The maximum Gasteiger partial charge on any atom is 0.155 e. The Morgan fingerprint density at radius 1 is 1.13 bits per heavy atom. The summed E-state index contributed by atoms with van der Waals surface area (Å²) in [7, 11) is 0. The third kappa shape index (κ3) is 3.41. The summed E-state index contributed by atoms with van der Waals surface area (Å²) in [5.74, 6) is 0.392. The molecule has 3 aliphatic rings. The molecule has 2 aromatic heterocycles. The number of hydrogen-bond acceptors (Lipinski definition) is 6. The van der Waals surface area contributed by atoms with Crippen molar-refractivity contribution in [1.29, 1.82) is 0 Å². The van der Waals surface area contributed by atoms with Crippen LogP contribution in [0.15, 0.2) is 30.5 Å². The van der Waals surface area contributed by atoms with Crippen molar-refractivity contribution in [3.8, 4) is 5.75 Å². The molecule has 2 atom stereocenters. The van der Waals surface area contributed by atoms with E-state index in [2.05, 4.69) is 43.7 Å². The molecule has 0 spiro atoms. The van der Waals surface area contributed by atoms with Gasteiger partial charge in [-0.2, -0.15) is 5.10 Å². The molecule has 0 amide bonds. The highest BCUT2D eigenvalue weighted by Gasteiger charge is 2.41. The largest absolute Gasteiger partial charge is 0.508 e. The Balaban J connectivity index is 1.26. The lowest BCUT2D eigenvalue weighted by Crippen LogP contribution is -2.38. The maximum absolute atomic E-state index is 10.4. The summed E-state index contributed by atoms with van der Waals surface area (Å²) < 4.78 is 7.52. The van der Waals surface area contributed by atoms with Crippen molar-refractivity contribution in [1.82, 2.24) is 24.4 Å². The molecule has 31 heavy (non-hydrogen) atoms. The lowest BCUT2D eigenvalue weighted by Gasteiger charge is -2.36. The predicted molar refractivity (Wildman–Crippen MR) is 117 cm³/mol. The van der Waals surface area contributed by atoms with Crippen molar-refractivity contribution in [2.45, 2.75) is 51.4 Å². The molecule has 2 saturated heterocycles. The molecule has 3 aliphatic heterocycles. The molecule has 1 N–H and O–H groups in total. The summed E-state index contributed by atoms with van der Waals surface area (Å²) in [4.78, 5) is 9.68. The first-order valence-electron chi connectivity index (χ1n) is 11.4. The van der Waals surface area contributed by atoms with Gasteiger partial charge in [-0.15, -0.1) is 0 Å². The zero-order chi connectivity index (χ0) is 20.9. The van der Waals surface area contributed by atoms with Crippen molar-refractivity contribution in [2.24, 2.45) is 0 Å². The van der Waals surface area contributed by atoms with Gasteiger partial charge in [0.1, 0.15) is 5.75 Å². The molecule has 2 bridgehead atoms. The summed E-state index contributed by atoms with van der Waals surface area (Å²) >= 11 is 0. The van der Waals surface area contributed by atoms with Crippen molar-refractivity contribution in [2.75, 3.05) is 26.3 Å². The minimum atomic E-state index is 0.392. The van der Waals surface area contributed by atoms with Gasteiger partial charge in [-0.05, 0) is 37.5 Å². The quantitative estimate of drug-likeness (QED) is 0.702. The van der Waals surface area contributed by atoms with Crippen molar-refractivity contribution < 1.29 is 9.84 Å². The van der Waals surface area contributed by atoms with Gasteiger partial charge in [-0.3, -0.25) is 9.80 Å². The van der Waals surface area contributed by atoms with E-state index < -0.39 is 0 Å². The third-order valence-corrected chi connectivity index (χ3v) is 7.17. The van der Waals surface area contributed by atoms with E-state index in [4.69, 9.17) is 9.84 Å². The molecule has 0 aliphatic carbocycles. The summed E-state index contributed by atoms with van der Waals surface area (Å²) in [6, 6.07) is 9.11. The summed E-state index contributed by atoms with van der Waals surface area (Å²) in [5.41, 5.74) is 6.92. The number of aromatic hydroxyl groups is 1. The Bertz CT molecular complexity index is 1120. The average molecular weight is 420 g/mol. The highest BCUT2D eigenvalue weighted by molar-refractivity contribution is 5.44. The summed E-state index contributed by atoms with van der Waals surface area (Å²) in [5, 5.41) is 15.1. The molecule has 0 radical (unpaired) electrons. The van der Waals surface area contributed by atoms with Gasteiger partial charge < -0.3 is 9.84 Å². The van der Waals surface area contributed by atoms with Gasteiger partial charge in [0.15, 0.2) is 5.65 Å². The Hall–Kier alpha value is -2.48. The Morgan fingerprint density at radius 3 is 2.87 bits per heavy atom. The minimum absolute atomic E-state index is 0.392. The zero-order valence-electron chi connectivity index (χ0n) is 18.0. The van der Waals surface area contributed by atoms with E-state index in [1.54, 1.807) is 0 Å². The number of aromatic nitrogens is 3. The van der Waals surface area contributed by atoms with E-state index in [1.807, 2.05) is 13.0 Å². The van der Waals surface area contributed by atoms with Crippen molar-refractivity contribution in [3.63, 3.8) is 0 Å². The first-order valence-corrected chi connectivity index (χ1v) is 11.4. The van der Waals surface area contributed by atoms with Crippen LogP contribution >= 0.6 is 0 Å². The van der Waals surface area contributed by atoms with Gasteiger partial charge in [0, 0.05) is 68.1 Å². The van der Waals surface area contributed by atoms with Crippen LogP contribution in [0.5, 0.6) is 5.75 Å². The third-order valence-electron chi connectivity index (χ3n) is 7.17. The minimum Gasteiger partial charge on any atom is -0.508 e. The number of nitrogens with zero attached hydrogens (tertiary/aromatic N) is 5. The van der Waals surface area contributed by atoms with E-state index in [0.717, 1.165) is 62.7 Å². The fourth-order valence-electron chi connectivity index (χ4n) is 5.62. The molecule has 2 fully saturated rings. The van der Waals surface area contributed by atoms with Crippen molar-refractivity contribution >= 4 is 5.65 Å². The second-order valence-corrected chi connectivity index (χ2v) is 9.19. The standard InChI is InChI=1S/C24H29N5O2/c1-16-10-24-25-13-20-21-4-3-19(12-22(20)29(24)26-16)28(21)14-17-2-5-23(30)18(11-17)15-27-6-8-31-9-7-27/h2,5,10-11,13,19,21,30H,3-4,6-9,12,14-15H2,1H3. The topological polar surface area (TPSA) is 66.1 Å². The SMILES string of the molecule is Cc1cc2ncc3c(n2n1)CC1CCC3N1Cc1ccc(O)c(CN2CCOCC2)c1. The fraction of sp³-hybridized carbons (Fsp3) is 0.500. The van der Waals surface area contributed by atoms with Crippen molar-refractivity contribution in [3.05, 3.63) is 58.5 Å². The molecular weight excluding hydrogens is 390 g/mol. The highest BCUT2D eigenvalue weighted by atomic mass is 16.5. The van der Waals surface area contributed by atoms with Crippen LogP contribution < -0.4 is 0 Å². The van der Waals surface area contributed by atoms with Crippen LogP contribution in [-0.2, 0) is 24.2 Å². The van der Waals surface area contributed by atoms with Gasteiger partial charge in [-0.25, -0.2) is 9.50 Å². The second-order valence-electron chi connectivity index (χ2n) is 9.19. The molecule has 7 heteroatoms. The van der Waals surface area contributed by atoms with Crippen LogP contribution in [0.2, 0.25) is 0 Å². The molecule has 162 valence electrons. The van der Waals surface area contributed by atoms with Gasteiger partial charge in [0.25, 0.3) is 0 Å². The molecule has 2 unspecified atom stereocenters. The van der Waals surface area contributed by atoms with Crippen LogP contribution in [-0.4, -0.2) is 61.8 Å². The van der Waals surface area contributed by atoms with E-state index in [9.17, 15) is 5.11 Å². The van der Waals surface area contributed by atoms with Crippen LogP contribution in [0.4, 0.5) is 0 Å². The molecule has 7 nitrogen and oxygen atoms in total. The Morgan fingerprint density at radius 2 is 2.00 bits per heavy atom. The number of ether oxygens (including phenoxy) is 1. The van der Waals surface area contributed by atoms with Crippen LogP contribution in [0.1, 0.15) is 47.0 Å². The predicted octanol–water partition coefficient (Wildman–Crippen LogP) is 2.84. The smallest absolute Gasteiger partial charge is 0.155 e. The van der Waals surface area contributed by atoms with Gasteiger partial charge in [0.05, 0.1) is 24.6 Å². The number of fused-ring (bicyclic) bond motifs is 6. The van der Waals surface area contributed by atoms with E-state index in [0.29, 0.717) is 17.8 Å². The second kappa shape index (κ2) is 7.58. The number of rotatable bonds is 4. The molecule has 6 rings (SSSR count). The fourth-order valence-corrected chi connectivity index (χ4v) is 5.62. The first kappa shape index (κ1) is 19.2. The number of hydrogen-bond donors (Lipinski definition) is 1. The normalized spacial score (nSPS) is 24.0. The zero-order valence-corrected chi connectivity index (χ0v) is 18.0. The number of morpholine rings is 1.